The van der Waals surface area contributed by atoms with E-state index < -0.39 is 0 Å². The first kappa shape index (κ1) is 17.9. The maximum Gasteiger partial charge on any atom is 0.0466 e. The summed E-state index contributed by atoms with van der Waals surface area (Å²) in [5.74, 6) is 0.808. The van der Waals surface area contributed by atoms with Crippen molar-refractivity contribution in [2.45, 2.75) is 59.4 Å². The molecular weight excluding hydrogens is 248 g/mol. The van der Waals surface area contributed by atoms with Crippen LogP contribution in [0, 0.1) is 5.92 Å². The normalized spacial score (nSPS) is 18.3. The van der Waals surface area contributed by atoms with Crippen molar-refractivity contribution in [3.63, 3.8) is 0 Å². The lowest BCUT2D eigenvalue weighted by Crippen LogP contribution is -2.48. The van der Waals surface area contributed by atoms with E-state index in [0.29, 0.717) is 6.04 Å². The Morgan fingerprint density at radius 1 is 0.850 bits per heavy atom. The Bertz CT molecular complexity index is 223. The van der Waals surface area contributed by atoms with Gasteiger partial charge in [0.05, 0.1) is 0 Å². The van der Waals surface area contributed by atoms with Gasteiger partial charge in [-0.2, -0.15) is 0 Å². The van der Waals surface area contributed by atoms with Crippen LogP contribution in [0.4, 0.5) is 0 Å². The van der Waals surface area contributed by atoms with Crippen LogP contribution in [0.1, 0.15) is 53.4 Å². The SMILES string of the molecule is CC(C)CCCOCCCCN1CCN(C(C)C)CC1. The Morgan fingerprint density at radius 2 is 1.50 bits per heavy atom. The van der Waals surface area contributed by atoms with Crippen molar-refractivity contribution < 1.29 is 4.74 Å². The summed E-state index contributed by atoms with van der Waals surface area (Å²) in [7, 11) is 0. The van der Waals surface area contributed by atoms with Crippen molar-refractivity contribution in [3.8, 4) is 0 Å². The zero-order valence-corrected chi connectivity index (χ0v) is 14.2. The highest BCUT2D eigenvalue weighted by atomic mass is 16.5. The van der Waals surface area contributed by atoms with Gasteiger partial charge in [0, 0.05) is 45.4 Å². The molecule has 0 aromatic carbocycles. The van der Waals surface area contributed by atoms with E-state index in [9.17, 15) is 0 Å². The molecule has 0 unspecified atom stereocenters. The minimum absolute atomic E-state index is 0.705. The lowest BCUT2D eigenvalue weighted by molar-refractivity contribution is 0.0978. The van der Waals surface area contributed by atoms with Crippen molar-refractivity contribution in [1.82, 2.24) is 9.80 Å². The third-order valence-corrected chi connectivity index (χ3v) is 4.22. The van der Waals surface area contributed by atoms with Gasteiger partial charge in [-0.25, -0.2) is 0 Å². The molecule has 0 saturated carbocycles. The molecular formula is C17H36N2O. The molecule has 1 fully saturated rings. The van der Waals surface area contributed by atoms with E-state index in [4.69, 9.17) is 4.74 Å². The molecule has 0 aliphatic carbocycles. The minimum atomic E-state index is 0.705. The smallest absolute Gasteiger partial charge is 0.0466 e. The molecule has 0 N–H and O–H groups in total. The van der Waals surface area contributed by atoms with Crippen LogP contribution in [0.15, 0.2) is 0 Å². The average Bonchev–Trinajstić information content (AvgIpc) is 2.42. The van der Waals surface area contributed by atoms with Crippen molar-refractivity contribution in [2.24, 2.45) is 5.92 Å². The first-order valence-corrected chi connectivity index (χ1v) is 8.63. The molecule has 1 aliphatic heterocycles. The summed E-state index contributed by atoms with van der Waals surface area (Å²) < 4.78 is 5.70. The number of piperazine rings is 1. The fourth-order valence-electron chi connectivity index (χ4n) is 2.74. The molecule has 3 nitrogen and oxygen atoms in total. The molecule has 0 aromatic rings. The predicted octanol–water partition coefficient (Wildman–Crippen LogP) is 3.25. The van der Waals surface area contributed by atoms with Crippen LogP contribution in [0.3, 0.4) is 0 Å². The minimum Gasteiger partial charge on any atom is -0.381 e. The van der Waals surface area contributed by atoms with E-state index in [2.05, 4.69) is 37.5 Å². The van der Waals surface area contributed by atoms with Crippen LogP contribution < -0.4 is 0 Å². The van der Waals surface area contributed by atoms with Gasteiger partial charge < -0.3 is 9.64 Å². The van der Waals surface area contributed by atoms with E-state index in [-0.39, 0.29) is 0 Å². The zero-order chi connectivity index (χ0) is 14.8. The topological polar surface area (TPSA) is 15.7 Å². The lowest BCUT2D eigenvalue weighted by atomic mass is 10.1. The van der Waals surface area contributed by atoms with Crippen molar-refractivity contribution in [3.05, 3.63) is 0 Å². The van der Waals surface area contributed by atoms with Crippen LogP contribution in [-0.2, 0) is 4.74 Å². The van der Waals surface area contributed by atoms with Crippen molar-refractivity contribution in [2.75, 3.05) is 45.9 Å². The van der Waals surface area contributed by atoms with E-state index >= 15 is 0 Å². The highest BCUT2D eigenvalue weighted by Crippen LogP contribution is 2.07. The molecule has 0 bridgehead atoms. The summed E-state index contributed by atoms with van der Waals surface area (Å²) in [6.45, 7) is 17.3. The summed E-state index contributed by atoms with van der Waals surface area (Å²) >= 11 is 0. The summed E-state index contributed by atoms with van der Waals surface area (Å²) in [5.41, 5.74) is 0. The number of nitrogens with zero attached hydrogens (tertiary/aromatic N) is 2. The third kappa shape index (κ3) is 8.23. The second-order valence-electron chi connectivity index (χ2n) is 6.83. The quantitative estimate of drug-likeness (QED) is 0.573. The van der Waals surface area contributed by atoms with Gasteiger partial charge in [-0.15, -0.1) is 0 Å². The summed E-state index contributed by atoms with van der Waals surface area (Å²) in [6.07, 6.45) is 5.01. The second-order valence-corrected chi connectivity index (χ2v) is 6.83. The molecule has 0 atom stereocenters. The van der Waals surface area contributed by atoms with E-state index in [1.807, 2.05) is 0 Å². The van der Waals surface area contributed by atoms with Crippen LogP contribution >= 0.6 is 0 Å². The molecule has 1 saturated heterocycles. The molecule has 3 heteroatoms. The fourth-order valence-corrected chi connectivity index (χ4v) is 2.74. The Labute approximate surface area is 126 Å². The molecule has 120 valence electrons. The molecule has 0 amide bonds. The molecule has 0 spiro atoms. The van der Waals surface area contributed by atoms with Crippen molar-refractivity contribution >= 4 is 0 Å². The number of rotatable bonds is 10. The Balaban J connectivity index is 1.88. The van der Waals surface area contributed by atoms with Gasteiger partial charge in [-0.1, -0.05) is 13.8 Å². The summed E-state index contributed by atoms with van der Waals surface area (Å²) in [4.78, 5) is 5.19. The first-order chi connectivity index (χ1) is 9.59. The Hall–Kier alpha value is -0.120. The van der Waals surface area contributed by atoms with Gasteiger partial charge in [0.25, 0.3) is 0 Å². The number of hydrogen-bond donors (Lipinski definition) is 0. The van der Waals surface area contributed by atoms with Crippen molar-refractivity contribution in [1.29, 1.82) is 0 Å². The fraction of sp³-hybridized carbons (Fsp3) is 1.00. The standard InChI is InChI=1S/C17H36N2O/c1-16(2)8-7-15-20-14-6-5-9-18-10-12-19(13-11-18)17(3)4/h16-17H,5-15H2,1-4H3. The molecule has 20 heavy (non-hydrogen) atoms. The number of ether oxygens (including phenoxy) is 1. The largest absolute Gasteiger partial charge is 0.381 e. The van der Waals surface area contributed by atoms with E-state index in [0.717, 1.165) is 19.1 Å². The van der Waals surface area contributed by atoms with Gasteiger partial charge in [-0.05, 0) is 52.0 Å². The maximum atomic E-state index is 5.70. The molecule has 1 rings (SSSR count). The predicted molar refractivity (Wildman–Crippen MR) is 87.3 cm³/mol. The van der Waals surface area contributed by atoms with E-state index in [1.54, 1.807) is 0 Å². The third-order valence-electron chi connectivity index (χ3n) is 4.22. The molecule has 1 heterocycles. The second kappa shape index (κ2) is 10.6. The summed E-state index contributed by atoms with van der Waals surface area (Å²) in [6, 6.07) is 0.705. The molecule has 0 radical (unpaired) electrons. The van der Waals surface area contributed by atoms with Crippen LogP contribution in [0.5, 0.6) is 0 Å². The zero-order valence-electron chi connectivity index (χ0n) is 14.2. The van der Waals surface area contributed by atoms with Gasteiger partial charge in [-0.3, -0.25) is 4.90 Å². The monoisotopic (exact) mass is 284 g/mol. The van der Waals surface area contributed by atoms with Crippen LogP contribution in [0.25, 0.3) is 0 Å². The highest BCUT2D eigenvalue weighted by Gasteiger charge is 2.17. The Kier molecular flexibility index (Phi) is 9.49. The van der Waals surface area contributed by atoms with Gasteiger partial charge in [0.15, 0.2) is 0 Å². The number of unbranched alkanes of at least 4 members (excludes halogenated alkanes) is 1. The van der Waals surface area contributed by atoms with E-state index in [1.165, 1.54) is 58.4 Å². The lowest BCUT2D eigenvalue weighted by Gasteiger charge is -2.36. The highest BCUT2D eigenvalue weighted by molar-refractivity contribution is 4.73. The Morgan fingerprint density at radius 3 is 2.10 bits per heavy atom. The molecule has 1 aliphatic rings. The first-order valence-electron chi connectivity index (χ1n) is 8.63. The van der Waals surface area contributed by atoms with Crippen LogP contribution in [-0.4, -0.2) is 61.8 Å². The summed E-state index contributed by atoms with van der Waals surface area (Å²) in [5, 5.41) is 0. The maximum absolute atomic E-state index is 5.70. The molecule has 0 aromatic heterocycles. The van der Waals surface area contributed by atoms with Gasteiger partial charge in [0.1, 0.15) is 0 Å². The van der Waals surface area contributed by atoms with Gasteiger partial charge >= 0.3 is 0 Å². The average molecular weight is 284 g/mol. The number of hydrogen-bond acceptors (Lipinski definition) is 3. The van der Waals surface area contributed by atoms with Crippen LogP contribution in [0.2, 0.25) is 0 Å². The van der Waals surface area contributed by atoms with Gasteiger partial charge in [0.2, 0.25) is 0 Å².